The van der Waals surface area contributed by atoms with E-state index in [1.807, 2.05) is 0 Å². The Hall–Kier alpha value is -1.72. The van der Waals surface area contributed by atoms with Crippen LogP contribution in [0.2, 0.25) is 10.0 Å². The van der Waals surface area contributed by atoms with Crippen molar-refractivity contribution < 1.29 is 19.1 Å². The number of rotatable bonds is 3. The van der Waals surface area contributed by atoms with Crippen molar-refractivity contribution in [2.75, 3.05) is 0 Å². The van der Waals surface area contributed by atoms with Crippen molar-refractivity contribution in [1.82, 2.24) is 4.98 Å². The van der Waals surface area contributed by atoms with Gasteiger partial charge >= 0.3 is 12.0 Å². The van der Waals surface area contributed by atoms with Crippen molar-refractivity contribution in [3.05, 3.63) is 40.2 Å². The van der Waals surface area contributed by atoms with E-state index in [-0.39, 0.29) is 11.8 Å². The molecule has 1 aromatic heterocycles. The van der Waals surface area contributed by atoms with Crippen LogP contribution >= 0.6 is 23.2 Å². The third-order valence-corrected chi connectivity index (χ3v) is 2.54. The Bertz CT molecular complexity index is 567. The topological polar surface area (TPSA) is 72.6 Å². The molecule has 0 aliphatic heterocycles. The molecule has 1 heterocycles. The summed E-state index contributed by atoms with van der Waals surface area (Å²) >= 11 is 11.5. The quantitative estimate of drug-likeness (QED) is 0.927. The minimum atomic E-state index is -1.20. The van der Waals surface area contributed by atoms with Gasteiger partial charge in [0.2, 0.25) is 0 Å². The van der Waals surface area contributed by atoms with Gasteiger partial charge in [0.1, 0.15) is 12.0 Å². The largest absolute Gasteiger partial charge is 0.476 e. The fraction of sp³-hybridized carbons (Fsp3) is 0. The molecular weight excluding hydrogens is 269 g/mol. The van der Waals surface area contributed by atoms with Crippen LogP contribution in [0.5, 0.6) is 11.8 Å². The molecule has 0 bridgehead atoms. The smallest absolute Gasteiger partial charge is 0.399 e. The van der Waals surface area contributed by atoms with Gasteiger partial charge in [0, 0.05) is 6.07 Å². The van der Waals surface area contributed by atoms with Gasteiger partial charge in [-0.3, -0.25) is 0 Å². The predicted octanol–water partition coefficient (Wildman–Crippen LogP) is 3.47. The van der Waals surface area contributed by atoms with E-state index in [9.17, 15) is 4.79 Å². The summed E-state index contributed by atoms with van der Waals surface area (Å²) in [5, 5.41) is 9.33. The molecule has 0 aliphatic rings. The van der Waals surface area contributed by atoms with Crippen molar-refractivity contribution >= 4 is 29.2 Å². The third-order valence-electron chi connectivity index (χ3n) is 1.80. The number of ether oxygens (including phenoxy) is 1. The number of oxazole rings is 1. The third kappa shape index (κ3) is 2.69. The summed E-state index contributed by atoms with van der Waals surface area (Å²) in [6.07, 6.45) is 0.802. The molecule has 0 spiro atoms. The molecule has 2 rings (SSSR count). The van der Waals surface area contributed by atoms with Crippen LogP contribution in [0.4, 0.5) is 0 Å². The SMILES string of the molecule is O=C(O)c1coc(Oc2ccc(Cl)c(Cl)c2)n1. The molecule has 0 amide bonds. The lowest BCUT2D eigenvalue weighted by Gasteiger charge is -2.01. The number of carboxylic acid groups (broad SMARTS) is 1. The van der Waals surface area contributed by atoms with Crippen LogP contribution in [0.25, 0.3) is 0 Å². The highest BCUT2D eigenvalue weighted by atomic mass is 35.5. The molecule has 5 nitrogen and oxygen atoms in total. The van der Waals surface area contributed by atoms with Crippen molar-refractivity contribution in [3.8, 4) is 11.8 Å². The lowest BCUT2D eigenvalue weighted by atomic mass is 10.3. The summed E-state index contributed by atoms with van der Waals surface area (Å²) in [5.74, 6) is -0.851. The summed E-state index contributed by atoms with van der Waals surface area (Å²) in [6, 6.07) is 4.56. The van der Waals surface area contributed by atoms with E-state index < -0.39 is 5.97 Å². The lowest BCUT2D eigenvalue weighted by molar-refractivity contribution is 0.0690. The molecule has 1 N–H and O–H groups in total. The van der Waals surface area contributed by atoms with Gasteiger partial charge in [0.15, 0.2) is 5.69 Å². The van der Waals surface area contributed by atoms with Gasteiger partial charge in [0.05, 0.1) is 10.0 Å². The molecular formula is C10H5Cl2NO4. The van der Waals surface area contributed by atoms with Gasteiger partial charge in [-0.15, -0.1) is 0 Å². The van der Waals surface area contributed by atoms with E-state index in [0.29, 0.717) is 15.8 Å². The van der Waals surface area contributed by atoms with Crippen molar-refractivity contribution in [2.24, 2.45) is 0 Å². The molecule has 17 heavy (non-hydrogen) atoms. The molecule has 1 aromatic carbocycles. The normalized spacial score (nSPS) is 10.2. The van der Waals surface area contributed by atoms with Crippen LogP contribution in [0.1, 0.15) is 10.5 Å². The molecule has 0 saturated carbocycles. The molecule has 0 aliphatic carbocycles. The van der Waals surface area contributed by atoms with Crippen LogP contribution < -0.4 is 4.74 Å². The summed E-state index contributed by atoms with van der Waals surface area (Å²) in [5.41, 5.74) is -0.236. The number of benzene rings is 1. The van der Waals surface area contributed by atoms with Crippen LogP contribution in [0.15, 0.2) is 28.9 Å². The Morgan fingerprint density at radius 3 is 2.71 bits per heavy atom. The number of carbonyl (C=O) groups is 1. The van der Waals surface area contributed by atoms with Crippen molar-refractivity contribution in [3.63, 3.8) is 0 Å². The molecule has 0 unspecified atom stereocenters. The van der Waals surface area contributed by atoms with Gasteiger partial charge in [-0.25, -0.2) is 4.79 Å². The Balaban J connectivity index is 2.19. The summed E-state index contributed by atoms with van der Waals surface area (Å²) in [4.78, 5) is 14.1. The zero-order valence-electron chi connectivity index (χ0n) is 8.18. The number of nitrogens with zero attached hydrogens (tertiary/aromatic N) is 1. The molecule has 88 valence electrons. The van der Waals surface area contributed by atoms with E-state index in [1.165, 1.54) is 6.07 Å². The summed E-state index contributed by atoms with van der Waals surface area (Å²) in [6.45, 7) is 0. The molecule has 0 saturated heterocycles. The maximum absolute atomic E-state index is 10.5. The second-order valence-corrected chi connectivity index (χ2v) is 3.80. The van der Waals surface area contributed by atoms with Crippen molar-refractivity contribution in [2.45, 2.75) is 0 Å². The second-order valence-electron chi connectivity index (χ2n) is 2.98. The Kier molecular flexibility index (Phi) is 3.21. The minimum absolute atomic E-state index is 0.180. The zero-order valence-corrected chi connectivity index (χ0v) is 9.70. The Morgan fingerprint density at radius 2 is 2.12 bits per heavy atom. The first-order chi connectivity index (χ1) is 8.06. The Labute approximate surface area is 106 Å². The number of aromatic carboxylic acids is 1. The number of carboxylic acids is 1. The van der Waals surface area contributed by atoms with Gasteiger partial charge in [-0.05, 0) is 12.1 Å². The van der Waals surface area contributed by atoms with Crippen LogP contribution in [0, 0.1) is 0 Å². The van der Waals surface area contributed by atoms with E-state index in [1.54, 1.807) is 12.1 Å². The van der Waals surface area contributed by atoms with E-state index in [4.69, 9.17) is 37.5 Å². The highest BCUT2D eigenvalue weighted by Gasteiger charge is 2.12. The van der Waals surface area contributed by atoms with E-state index in [0.717, 1.165) is 6.26 Å². The average molecular weight is 274 g/mol. The predicted molar refractivity (Wildman–Crippen MR) is 60.0 cm³/mol. The van der Waals surface area contributed by atoms with E-state index >= 15 is 0 Å². The first-order valence-corrected chi connectivity index (χ1v) is 5.13. The van der Waals surface area contributed by atoms with E-state index in [2.05, 4.69) is 4.98 Å². The lowest BCUT2D eigenvalue weighted by Crippen LogP contribution is -1.95. The standard InChI is InChI=1S/C10H5Cl2NO4/c11-6-2-1-5(3-7(6)12)17-10-13-8(4-16-10)9(14)15/h1-4H,(H,14,15). The average Bonchev–Trinajstić information content (AvgIpc) is 2.72. The molecule has 0 atom stereocenters. The van der Waals surface area contributed by atoms with Crippen LogP contribution in [0.3, 0.4) is 0 Å². The highest BCUT2D eigenvalue weighted by Crippen LogP contribution is 2.29. The molecule has 0 fully saturated rings. The minimum Gasteiger partial charge on any atom is -0.476 e. The summed E-state index contributed by atoms with van der Waals surface area (Å²) < 4.78 is 9.97. The number of halogens is 2. The van der Waals surface area contributed by atoms with Gasteiger partial charge in [-0.1, -0.05) is 23.2 Å². The first kappa shape index (κ1) is 11.8. The number of hydrogen-bond donors (Lipinski definition) is 1. The fourth-order valence-corrected chi connectivity index (χ4v) is 1.33. The maximum Gasteiger partial charge on any atom is 0.399 e. The monoisotopic (exact) mass is 273 g/mol. The number of hydrogen-bond acceptors (Lipinski definition) is 4. The summed E-state index contributed by atoms with van der Waals surface area (Å²) in [7, 11) is 0. The van der Waals surface area contributed by atoms with Crippen LogP contribution in [-0.2, 0) is 0 Å². The van der Waals surface area contributed by atoms with Gasteiger partial charge < -0.3 is 14.3 Å². The Morgan fingerprint density at radius 1 is 1.35 bits per heavy atom. The van der Waals surface area contributed by atoms with Crippen molar-refractivity contribution in [1.29, 1.82) is 0 Å². The van der Waals surface area contributed by atoms with Crippen LogP contribution in [-0.4, -0.2) is 16.1 Å². The van der Waals surface area contributed by atoms with Gasteiger partial charge in [-0.2, -0.15) is 4.98 Å². The molecule has 0 radical (unpaired) electrons. The van der Waals surface area contributed by atoms with Gasteiger partial charge in [0.25, 0.3) is 0 Å². The second kappa shape index (κ2) is 4.65. The zero-order chi connectivity index (χ0) is 12.4. The molecule has 7 heteroatoms. The first-order valence-electron chi connectivity index (χ1n) is 4.38. The molecule has 2 aromatic rings. The highest BCUT2D eigenvalue weighted by molar-refractivity contribution is 6.42. The fourth-order valence-electron chi connectivity index (χ4n) is 1.04. The maximum atomic E-state index is 10.5. The number of aromatic nitrogens is 1.